The highest BCUT2D eigenvalue weighted by molar-refractivity contribution is 7.13. The average Bonchev–Trinajstić information content (AvgIpc) is 3.07. The molecule has 7 nitrogen and oxygen atoms in total. The van der Waals surface area contributed by atoms with E-state index in [1.54, 1.807) is 0 Å². The van der Waals surface area contributed by atoms with Crippen LogP contribution < -0.4 is 10.6 Å². The van der Waals surface area contributed by atoms with Crippen molar-refractivity contribution < 1.29 is 14.6 Å². The van der Waals surface area contributed by atoms with Gasteiger partial charge in [0.2, 0.25) is 5.91 Å². The molecule has 0 saturated carbocycles. The van der Waals surface area contributed by atoms with Crippen molar-refractivity contribution in [3.05, 3.63) is 11.1 Å². The second kappa shape index (κ2) is 10.0. The van der Waals surface area contributed by atoms with Crippen LogP contribution in [0.25, 0.3) is 0 Å². The monoisotopic (exact) mass is 412 g/mol. The highest BCUT2D eigenvalue weighted by Gasteiger charge is 2.28. The number of aliphatic hydroxyl groups excluding tert-OH is 1. The molecular formula is C15H26Cl2N4O3S. The fraction of sp³-hybridized carbons (Fsp3) is 0.733. The van der Waals surface area contributed by atoms with Crippen LogP contribution in [0.2, 0.25) is 0 Å². The van der Waals surface area contributed by atoms with Gasteiger partial charge in [0.15, 0.2) is 5.13 Å². The molecule has 4 atom stereocenters. The van der Waals surface area contributed by atoms with Crippen LogP contribution >= 0.6 is 36.2 Å². The molecule has 2 aliphatic rings. The van der Waals surface area contributed by atoms with Crippen molar-refractivity contribution in [3.8, 4) is 0 Å². The molecule has 1 aromatic heterocycles. The Morgan fingerprint density at radius 1 is 1.44 bits per heavy atom. The van der Waals surface area contributed by atoms with E-state index in [1.165, 1.54) is 11.3 Å². The number of carbonyl (C=O) groups is 1. The van der Waals surface area contributed by atoms with Crippen molar-refractivity contribution in [3.63, 3.8) is 0 Å². The fourth-order valence-electron chi connectivity index (χ4n) is 3.19. The number of ether oxygens (including phenoxy) is 1. The predicted molar refractivity (Wildman–Crippen MR) is 103 cm³/mol. The lowest BCUT2D eigenvalue weighted by Crippen LogP contribution is -2.44. The molecule has 1 aromatic rings. The van der Waals surface area contributed by atoms with Gasteiger partial charge in [-0.1, -0.05) is 0 Å². The minimum Gasteiger partial charge on any atom is -0.392 e. The maximum absolute atomic E-state index is 12.1. The topological polar surface area (TPSA) is 86.7 Å². The zero-order chi connectivity index (χ0) is 16.4. The Morgan fingerprint density at radius 3 is 2.72 bits per heavy atom. The molecule has 0 aromatic carbocycles. The minimum atomic E-state index is -0.442. The smallest absolute Gasteiger partial charge is 0.243 e. The number of anilines is 1. The Kier molecular flexibility index (Phi) is 9.03. The Hall–Kier alpha value is -0.480. The molecule has 0 aliphatic carbocycles. The lowest BCUT2D eigenvalue weighted by molar-refractivity contribution is -0.117. The summed E-state index contributed by atoms with van der Waals surface area (Å²) in [5.41, 5.74) is 0.964. The summed E-state index contributed by atoms with van der Waals surface area (Å²) >= 11 is 1.44. The summed E-state index contributed by atoms with van der Waals surface area (Å²) in [4.78, 5) is 18.9. The number of amides is 1. The quantitative estimate of drug-likeness (QED) is 0.689. The van der Waals surface area contributed by atoms with Gasteiger partial charge in [-0.3, -0.25) is 9.69 Å². The van der Waals surface area contributed by atoms with Gasteiger partial charge in [-0.05, 0) is 20.3 Å². The van der Waals surface area contributed by atoms with Crippen molar-refractivity contribution in [1.82, 2.24) is 15.2 Å². The summed E-state index contributed by atoms with van der Waals surface area (Å²) < 4.78 is 5.73. The number of nitrogens with zero attached hydrogens (tertiary/aromatic N) is 2. The SMILES string of the molecule is CC1CN(Cc2csc(NC(=O)C3CC(O)CN3)n2)CC(C)O1.Cl.Cl. The van der Waals surface area contributed by atoms with Gasteiger partial charge in [-0.15, -0.1) is 36.2 Å². The normalized spacial score (nSPS) is 29.6. The van der Waals surface area contributed by atoms with Gasteiger partial charge in [-0.2, -0.15) is 0 Å². The lowest BCUT2D eigenvalue weighted by Gasteiger charge is -2.34. The first kappa shape index (κ1) is 22.6. The molecule has 2 fully saturated rings. The molecule has 3 heterocycles. The number of carbonyl (C=O) groups excluding carboxylic acids is 1. The van der Waals surface area contributed by atoms with E-state index >= 15 is 0 Å². The summed E-state index contributed by atoms with van der Waals surface area (Å²) in [7, 11) is 0. The Labute approximate surface area is 164 Å². The van der Waals surface area contributed by atoms with Gasteiger partial charge in [0.25, 0.3) is 0 Å². The van der Waals surface area contributed by atoms with Gasteiger partial charge in [-0.25, -0.2) is 4.98 Å². The summed E-state index contributed by atoms with van der Waals surface area (Å²) in [6.45, 7) is 7.19. The van der Waals surface area contributed by atoms with Crippen LogP contribution in [0.3, 0.4) is 0 Å². The first-order valence-corrected chi connectivity index (χ1v) is 8.92. The number of nitrogens with one attached hydrogen (secondary N) is 2. The van der Waals surface area contributed by atoms with Crippen LogP contribution in [-0.4, -0.2) is 64.9 Å². The number of morpholine rings is 1. The van der Waals surface area contributed by atoms with Crippen LogP contribution in [0.15, 0.2) is 5.38 Å². The highest BCUT2D eigenvalue weighted by atomic mass is 35.5. The molecule has 25 heavy (non-hydrogen) atoms. The minimum absolute atomic E-state index is 0. The molecule has 0 spiro atoms. The van der Waals surface area contributed by atoms with Crippen molar-refractivity contribution >= 4 is 47.2 Å². The van der Waals surface area contributed by atoms with Crippen LogP contribution in [-0.2, 0) is 16.1 Å². The fourth-order valence-corrected chi connectivity index (χ4v) is 3.89. The molecule has 144 valence electrons. The van der Waals surface area contributed by atoms with Crippen molar-refractivity contribution in [1.29, 1.82) is 0 Å². The number of rotatable bonds is 4. The third kappa shape index (κ3) is 6.32. The van der Waals surface area contributed by atoms with Gasteiger partial charge >= 0.3 is 0 Å². The van der Waals surface area contributed by atoms with Crippen molar-refractivity contribution in [2.24, 2.45) is 0 Å². The number of aromatic nitrogens is 1. The average molecular weight is 413 g/mol. The van der Waals surface area contributed by atoms with Gasteiger partial charge < -0.3 is 20.5 Å². The van der Waals surface area contributed by atoms with E-state index in [-0.39, 0.29) is 49.0 Å². The third-order valence-electron chi connectivity index (χ3n) is 4.09. The first-order chi connectivity index (χ1) is 11.0. The number of halogens is 2. The number of aliphatic hydroxyl groups is 1. The van der Waals surface area contributed by atoms with Crippen LogP contribution in [0, 0.1) is 0 Å². The van der Waals surface area contributed by atoms with E-state index < -0.39 is 6.10 Å². The summed E-state index contributed by atoms with van der Waals surface area (Å²) in [6, 6.07) is -0.335. The second-order valence-electron chi connectivity index (χ2n) is 6.44. The van der Waals surface area contributed by atoms with Crippen LogP contribution in [0.4, 0.5) is 5.13 Å². The predicted octanol–water partition coefficient (Wildman–Crippen LogP) is 1.26. The largest absolute Gasteiger partial charge is 0.392 e. The molecule has 4 unspecified atom stereocenters. The van der Waals surface area contributed by atoms with Gasteiger partial charge in [0.05, 0.1) is 30.0 Å². The molecular weight excluding hydrogens is 387 g/mol. The second-order valence-corrected chi connectivity index (χ2v) is 7.29. The van der Waals surface area contributed by atoms with E-state index in [9.17, 15) is 9.90 Å². The zero-order valence-corrected chi connectivity index (χ0v) is 16.8. The summed E-state index contributed by atoms with van der Waals surface area (Å²) in [6.07, 6.45) is 0.476. The summed E-state index contributed by atoms with van der Waals surface area (Å²) in [5, 5.41) is 17.9. The molecule has 0 radical (unpaired) electrons. The van der Waals surface area contributed by atoms with E-state index in [1.807, 2.05) is 5.38 Å². The number of thiazole rings is 1. The molecule has 3 rings (SSSR count). The standard InChI is InChI=1S/C15H24N4O3S.2ClH/c1-9-5-19(6-10(2)22-9)7-11-8-23-15(17-11)18-14(21)13-3-12(20)4-16-13;;/h8-10,12-13,16,20H,3-7H2,1-2H3,(H,17,18,21);2*1H. The zero-order valence-electron chi connectivity index (χ0n) is 14.3. The van der Waals surface area contributed by atoms with Gasteiger partial charge in [0, 0.05) is 31.6 Å². The lowest BCUT2D eigenvalue weighted by atomic mass is 10.2. The molecule has 0 bridgehead atoms. The maximum Gasteiger partial charge on any atom is 0.243 e. The third-order valence-corrected chi connectivity index (χ3v) is 4.89. The van der Waals surface area contributed by atoms with Crippen LogP contribution in [0.1, 0.15) is 26.0 Å². The van der Waals surface area contributed by atoms with Crippen molar-refractivity contribution in [2.45, 2.75) is 51.2 Å². The Balaban J connectivity index is 0.00000156. The van der Waals surface area contributed by atoms with E-state index in [2.05, 4.69) is 34.4 Å². The van der Waals surface area contributed by atoms with Gasteiger partial charge in [0.1, 0.15) is 0 Å². The molecule has 2 aliphatic heterocycles. The first-order valence-electron chi connectivity index (χ1n) is 8.04. The van der Waals surface area contributed by atoms with E-state index in [0.29, 0.717) is 18.1 Å². The summed E-state index contributed by atoms with van der Waals surface area (Å²) in [5.74, 6) is -0.129. The maximum atomic E-state index is 12.1. The molecule has 2 saturated heterocycles. The number of hydrogen-bond donors (Lipinski definition) is 3. The van der Waals surface area contributed by atoms with E-state index in [0.717, 1.165) is 25.3 Å². The highest BCUT2D eigenvalue weighted by Crippen LogP contribution is 2.20. The molecule has 10 heteroatoms. The van der Waals surface area contributed by atoms with E-state index in [4.69, 9.17) is 4.74 Å². The number of hydrogen-bond acceptors (Lipinski definition) is 7. The Bertz CT molecular complexity index is 553. The van der Waals surface area contributed by atoms with Crippen LogP contribution in [0.5, 0.6) is 0 Å². The van der Waals surface area contributed by atoms with Crippen molar-refractivity contribution in [2.75, 3.05) is 25.0 Å². The number of β-amino-alcohol motifs (C(OH)–C–C–N with tert-alkyl or cyclic N) is 1. The molecule has 1 amide bonds. The molecule has 3 N–H and O–H groups in total. The Morgan fingerprint density at radius 2 is 2.12 bits per heavy atom.